The van der Waals surface area contributed by atoms with Crippen molar-refractivity contribution in [2.24, 2.45) is 4.99 Å². The van der Waals surface area contributed by atoms with Crippen LogP contribution in [0.3, 0.4) is 0 Å². The lowest BCUT2D eigenvalue weighted by Crippen LogP contribution is -2.37. The molecule has 0 saturated heterocycles. The van der Waals surface area contributed by atoms with Crippen molar-refractivity contribution in [1.82, 2.24) is 15.6 Å². The van der Waals surface area contributed by atoms with Crippen molar-refractivity contribution in [3.05, 3.63) is 39.8 Å². The number of benzene rings is 1. The summed E-state index contributed by atoms with van der Waals surface area (Å²) in [5, 5.41) is 7.75. The lowest BCUT2D eigenvalue weighted by Gasteiger charge is -2.14. The summed E-state index contributed by atoms with van der Waals surface area (Å²) in [6, 6.07) is 5.92. The van der Waals surface area contributed by atoms with Gasteiger partial charge in [-0.25, -0.2) is 4.98 Å². The Morgan fingerprint density at radius 2 is 2.12 bits per heavy atom. The van der Waals surface area contributed by atoms with Gasteiger partial charge in [0.1, 0.15) is 0 Å². The number of aromatic nitrogens is 1. The second-order valence-electron chi connectivity index (χ2n) is 5.39. The maximum atomic E-state index is 5.61. The SMILES string of the molecule is CCOc1cc(CNC(=NC)NCCc2ncc(C)s2)ccc1OC. The fourth-order valence-electron chi connectivity index (χ4n) is 2.31. The first kappa shape index (κ1) is 19.1. The van der Waals surface area contributed by atoms with Crippen molar-refractivity contribution < 1.29 is 9.47 Å². The lowest BCUT2D eigenvalue weighted by molar-refractivity contribution is 0.310. The van der Waals surface area contributed by atoms with Crippen molar-refractivity contribution >= 4 is 17.3 Å². The Hall–Kier alpha value is -2.28. The van der Waals surface area contributed by atoms with Gasteiger partial charge in [0.25, 0.3) is 0 Å². The second kappa shape index (κ2) is 9.88. The molecule has 0 spiro atoms. The van der Waals surface area contributed by atoms with Crippen LogP contribution >= 0.6 is 11.3 Å². The van der Waals surface area contributed by atoms with E-state index in [2.05, 4.69) is 27.5 Å². The standard InChI is InChI=1S/C18H26N4O2S/c1-5-24-16-10-14(6-7-15(16)23-4)12-22-18(19-3)20-9-8-17-21-11-13(2)25-17/h6-7,10-11H,5,8-9,12H2,1-4H3,(H2,19,20,22). The molecule has 1 heterocycles. The smallest absolute Gasteiger partial charge is 0.191 e. The molecule has 25 heavy (non-hydrogen) atoms. The first-order valence-corrected chi connectivity index (χ1v) is 9.13. The van der Waals surface area contributed by atoms with Crippen LogP contribution in [0.5, 0.6) is 11.5 Å². The number of hydrogen-bond acceptors (Lipinski definition) is 5. The molecule has 2 N–H and O–H groups in total. The molecule has 0 aliphatic heterocycles. The van der Waals surface area contributed by atoms with E-state index in [1.165, 1.54) is 4.88 Å². The fraction of sp³-hybridized carbons (Fsp3) is 0.444. The minimum atomic E-state index is 0.604. The van der Waals surface area contributed by atoms with Crippen molar-refractivity contribution in [1.29, 1.82) is 0 Å². The summed E-state index contributed by atoms with van der Waals surface area (Å²) in [6.45, 7) is 6.08. The van der Waals surface area contributed by atoms with E-state index in [9.17, 15) is 0 Å². The van der Waals surface area contributed by atoms with Crippen LogP contribution in [0.25, 0.3) is 0 Å². The molecule has 136 valence electrons. The van der Waals surface area contributed by atoms with Gasteiger partial charge in [0.2, 0.25) is 0 Å². The molecule has 2 rings (SSSR count). The number of rotatable bonds is 8. The molecule has 6 nitrogen and oxygen atoms in total. The van der Waals surface area contributed by atoms with Gasteiger partial charge in [-0.2, -0.15) is 0 Å². The van der Waals surface area contributed by atoms with E-state index in [0.717, 1.165) is 41.0 Å². The molecule has 7 heteroatoms. The van der Waals surface area contributed by atoms with Gasteiger partial charge >= 0.3 is 0 Å². The summed E-state index contributed by atoms with van der Waals surface area (Å²) in [4.78, 5) is 9.86. The summed E-state index contributed by atoms with van der Waals surface area (Å²) in [5.74, 6) is 2.26. The highest BCUT2D eigenvalue weighted by atomic mass is 32.1. The quantitative estimate of drug-likeness (QED) is 0.558. The van der Waals surface area contributed by atoms with Gasteiger partial charge in [0, 0.05) is 37.6 Å². The van der Waals surface area contributed by atoms with E-state index < -0.39 is 0 Å². The third-order valence-corrected chi connectivity index (χ3v) is 4.48. The van der Waals surface area contributed by atoms with Crippen molar-refractivity contribution in [2.75, 3.05) is 27.3 Å². The number of guanidine groups is 1. The Morgan fingerprint density at radius 1 is 1.28 bits per heavy atom. The number of nitrogens with one attached hydrogen (secondary N) is 2. The predicted octanol–water partition coefficient (Wildman–Crippen LogP) is 2.77. The molecule has 0 amide bonds. The number of ether oxygens (including phenoxy) is 2. The molecule has 1 aromatic heterocycles. The molecule has 0 unspecified atom stereocenters. The van der Waals surface area contributed by atoms with Gasteiger partial charge in [-0.3, -0.25) is 4.99 Å². The first-order valence-electron chi connectivity index (χ1n) is 8.31. The highest BCUT2D eigenvalue weighted by Gasteiger charge is 2.06. The van der Waals surface area contributed by atoms with E-state index in [-0.39, 0.29) is 0 Å². The molecule has 2 aromatic rings. The van der Waals surface area contributed by atoms with Crippen LogP contribution < -0.4 is 20.1 Å². The number of nitrogens with zero attached hydrogens (tertiary/aromatic N) is 2. The molecule has 0 radical (unpaired) electrons. The van der Waals surface area contributed by atoms with Gasteiger partial charge in [-0.15, -0.1) is 11.3 Å². The van der Waals surface area contributed by atoms with Crippen LogP contribution in [0.15, 0.2) is 29.4 Å². The van der Waals surface area contributed by atoms with E-state index in [0.29, 0.717) is 13.2 Å². The molecular weight excluding hydrogens is 336 g/mol. The largest absolute Gasteiger partial charge is 0.493 e. The van der Waals surface area contributed by atoms with Crippen molar-refractivity contribution in [3.63, 3.8) is 0 Å². The maximum absolute atomic E-state index is 5.61. The van der Waals surface area contributed by atoms with E-state index in [1.807, 2.05) is 31.3 Å². The summed E-state index contributed by atoms with van der Waals surface area (Å²) in [7, 11) is 3.41. The zero-order valence-corrected chi connectivity index (χ0v) is 16.1. The number of hydrogen-bond donors (Lipinski definition) is 2. The number of methoxy groups -OCH3 is 1. The molecule has 1 aromatic carbocycles. The van der Waals surface area contributed by atoms with Gasteiger partial charge in [-0.05, 0) is 31.5 Å². The number of aliphatic imine (C=N–C) groups is 1. The van der Waals surface area contributed by atoms with E-state index in [1.54, 1.807) is 25.5 Å². The minimum absolute atomic E-state index is 0.604. The average molecular weight is 362 g/mol. The summed E-state index contributed by atoms with van der Waals surface area (Å²) >= 11 is 1.73. The molecular formula is C18H26N4O2S. The zero-order valence-electron chi connectivity index (χ0n) is 15.3. The van der Waals surface area contributed by atoms with Crippen LogP contribution in [0, 0.1) is 6.92 Å². The molecule has 0 aliphatic rings. The highest BCUT2D eigenvalue weighted by molar-refractivity contribution is 7.11. The topological polar surface area (TPSA) is 67.8 Å². The third kappa shape index (κ3) is 5.94. The summed E-state index contributed by atoms with van der Waals surface area (Å²) in [5.41, 5.74) is 1.10. The van der Waals surface area contributed by atoms with Gasteiger partial charge < -0.3 is 20.1 Å². The lowest BCUT2D eigenvalue weighted by atomic mass is 10.2. The third-order valence-electron chi connectivity index (χ3n) is 3.51. The van der Waals surface area contributed by atoms with Crippen LogP contribution in [-0.4, -0.2) is 38.3 Å². The van der Waals surface area contributed by atoms with Crippen LogP contribution in [-0.2, 0) is 13.0 Å². The molecule has 0 bridgehead atoms. The summed E-state index contributed by atoms with van der Waals surface area (Å²) in [6.07, 6.45) is 2.79. The monoisotopic (exact) mass is 362 g/mol. The zero-order chi connectivity index (χ0) is 18.1. The van der Waals surface area contributed by atoms with Crippen LogP contribution in [0.1, 0.15) is 22.4 Å². The molecule has 0 saturated carbocycles. The molecule has 0 atom stereocenters. The predicted molar refractivity (Wildman–Crippen MR) is 103 cm³/mol. The maximum Gasteiger partial charge on any atom is 0.191 e. The van der Waals surface area contributed by atoms with Crippen molar-refractivity contribution in [2.45, 2.75) is 26.8 Å². The average Bonchev–Trinajstić information content (AvgIpc) is 3.03. The molecule has 0 aliphatic carbocycles. The Labute approximate surface area is 153 Å². The van der Waals surface area contributed by atoms with Crippen LogP contribution in [0.4, 0.5) is 0 Å². The Bertz CT molecular complexity index is 700. The first-order chi connectivity index (χ1) is 12.2. The second-order valence-corrected chi connectivity index (χ2v) is 6.70. The van der Waals surface area contributed by atoms with Gasteiger partial charge in [0.15, 0.2) is 17.5 Å². The molecule has 0 fully saturated rings. The Kier molecular flexibility index (Phi) is 7.53. The van der Waals surface area contributed by atoms with Crippen molar-refractivity contribution in [3.8, 4) is 11.5 Å². The minimum Gasteiger partial charge on any atom is -0.493 e. The van der Waals surface area contributed by atoms with Gasteiger partial charge in [-0.1, -0.05) is 6.07 Å². The fourth-order valence-corrected chi connectivity index (χ4v) is 3.10. The van der Waals surface area contributed by atoms with Crippen LogP contribution in [0.2, 0.25) is 0 Å². The summed E-state index contributed by atoms with van der Waals surface area (Å²) < 4.78 is 10.9. The highest BCUT2D eigenvalue weighted by Crippen LogP contribution is 2.27. The number of aryl methyl sites for hydroxylation is 1. The van der Waals surface area contributed by atoms with E-state index in [4.69, 9.17) is 9.47 Å². The Morgan fingerprint density at radius 3 is 2.76 bits per heavy atom. The normalized spacial score (nSPS) is 11.3. The van der Waals surface area contributed by atoms with Gasteiger partial charge in [0.05, 0.1) is 18.7 Å². The van der Waals surface area contributed by atoms with E-state index >= 15 is 0 Å². The Balaban J connectivity index is 1.84. The number of thiazole rings is 1.